The Morgan fingerprint density at radius 1 is 1.18 bits per heavy atom. The van der Waals surface area contributed by atoms with Crippen LogP contribution in [-0.4, -0.2) is 9.97 Å². The number of aromatic amines is 1. The lowest BCUT2D eigenvalue weighted by molar-refractivity contribution is 0.802. The van der Waals surface area contributed by atoms with Gasteiger partial charge in [0.1, 0.15) is 5.82 Å². The highest BCUT2D eigenvalue weighted by Gasteiger charge is 2.50. The number of imidazole rings is 1. The highest BCUT2D eigenvalue weighted by molar-refractivity contribution is 5.50. The lowest BCUT2D eigenvalue weighted by atomic mass is 9.89. The zero-order valence-electron chi connectivity index (χ0n) is 10.1. The summed E-state index contributed by atoms with van der Waals surface area (Å²) < 4.78 is 0. The molecule has 0 saturated heterocycles. The van der Waals surface area contributed by atoms with E-state index in [0.29, 0.717) is 0 Å². The Bertz CT molecular complexity index is 591. The summed E-state index contributed by atoms with van der Waals surface area (Å²) in [5, 5.41) is 0. The fourth-order valence-corrected chi connectivity index (χ4v) is 3.34. The van der Waals surface area contributed by atoms with Crippen LogP contribution in [0.25, 0.3) is 0 Å². The first-order chi connectivity index (χ1) is 8.29. The van der Waals surface area contributed by atoms with Gasteiger partial charge in [-0.25, -0.2) is 4.98 Å². The second-order valence-corrected chi connectivity index (χ2v) is 5.39. The lowest BCUT2D eigenvalue weighted by Gasteiger charge is -2.15. The molecule has 2 aliphatic rings. The zero-order valence-corrected chi connectivity index (χ0v) is 10.1. The predicted molar refractivity (Wildman–Crippen MR) is 67.2 cm³/mol. The number of aryl methyl sites for hydroxylation is 3. The van der Waals surface area contributed by atoms with Gasteiger partial charge in [-0.3, -0.25) is 0 Å². The molecule has 2 aromatic rings. The van der Waals surface area contributed by atoms with Crippen LogP contribution in [0.4, 0.5) is 0 Å². The van der Waals surface area contributed by atoms with Gasteiger partial charge in [-0.05, 0) is 43.7 Å². The van der Waals surface area contributed by atoms with Crippen LogP contribution in [0.5, 0.6) is 0 Å². The van der Waals surface area contributed by atoms with E-state index in [9.17, 15) is 0 Å². The maximum atomic E-state index is 4.77. The molecule has 2 aliphatic carbocycles. The van der Waals surface area contributed by atoms with Gasteiger partial charge in [0.25, 0.3) is 0 Å². The van der Waals surface area contributed by atoms with Crippen molar-refractivity contribution in [2.45, 2.75) is 38.0 Å². The molecule has 0 unspecified atom stereocenters. The van der Waals surface area contributed by atoms with E-state index < -0.39 is 0 Å². The van der Waals surface area contributed by atoms with Crippen LogP contribution in [-0.2, 0) is 18.3 Å². The minimum absolute atomic E-state index is 0.257. The first-order valence-corrected chi connectivity index (χ1v) is 6.44. The van der Waals surface area contributed by atoms with E-state index in [2.05, 4.69) is 36.2 Å². The largest absolute Gasteiger partial charge is 0.346 e. The molecule has 1 aromatic carbocycles. The molecule has 0 bridgehead atoms. The van der Waals surface area contributed by atoms with Crippen LogP contribution >= 0.6 is 0 Å². The Balaban J connectivity index is 1.99. The third kappa shape index (κ3) is 1.18. The predicted octanol–water partition coefficient (Wildman–Crippen LogP) is 2.90. The van der Waals surface area contributed by atoms with Crippen molar-refractivity contribution in [3.63, 3.8) is 0 Å². The van der Waals surface area contributed by atoms with Gasteiger partial charge in [0, 0.05) is 11.1 Å². The fourth-order valence-electron chi connectivity index (χ4n) is 3.34. The van der Waals surface area contributed by atoms with Crippen molar-refractivity contribution >= 4 is 0 Å². The monoisotopic (exact) mass is 224 g/mol. The molecule has 1 heterocycles. The average Bonchev–Trinajstić information content (AvgIpc) is 3.07. The quantitative estimate of drug-likeness (QED) is 0.732. The van der Waals surface area contributed by atoms with Crippen LogP contribution < -0.4 is 0 Å². The molecule has 2 heteroatoms. The summed E-state index contributed by atoms with van der Waals surface area (Å²) in [5.41, 5.74) is 6.02. The fraction of sp³-hybridized carbons (Fsp3) is 0.400. The lowest BCUT2D eigenvalue weighted by Crippen LogP contribution is -2.11. The van der Waals surface area contributed by atoms with E-state index in [1.807, 2.05) is 0 Å². The summed E-state index contributed by atoms with van der Waals surface area (Å²) in [6.45, 7) is 2.07. The number of H-pyrrole nitrogens is 1. The van der Waals surface area contributed by atoms with Crippen LogP contribution in [0.15, 0.2) is 24.3 Å². The SMILES string of the molecule is Cc1nc2c([nH]1)CCc1ccccc1C21CC1. The van der Waals surface area contributed by atoms with E-state index in [0.717, 1.165) is 18.7 Å². The van der Waals surface area contributed by atoms with Gasteiger partial charge in [0.2, 0.25) is 0 Å². The number of benzene rings is 1. The summed E-state index contributed by atoms with van der Waals surface area (Å²) in [4.78, 5) is 8.23. The van der Waals surface area contributed by atoms with Crippen LogP contribution in [0, 0.1) is 6.92 Å². The minimum Gasteiger partial charge on any atom is -0.346 e. The van der Waals surface area contributed by atoms with E-state index >= 15 is 0 Å². The van der Waals surface area contributed by atoms with Crippen molar-refractivity contribution in [3.05, 3.63) is 52.6 Å². The standard InChI is InChI=1S/C15H16N2/c1-10-16-13-7-6-11-4-2-3-5-12(11)15(8-9-15)14(13)17-10/h2-5H,6-9H2,1H3,(H,16,17). The van der Waals surface area contributed by atoms with Gasteiger partial charge >= 0.3 is 0 Å². The maximum Gasteiger partial charge on any atom is 0.103 e. The molecular formula is C15H16N2. The Morgan fingerprint density at radius 3 is 2.82 bits per heavy atom. The molecule has 0 aliphatic heterocycles. The van der Waals surface area contributed by atoms with Crippen molar-refractivity contribution in [1.82, 2.24) is 9.97 Å². The smallest absolute Gasteiger partial charge is 0.103 e. The zero-order chi connectivity index (χ0) is 11.5. The third-order valence-corrected chi connectivity index (χ3v) is 4.28. The van der Waals surface area contributed by atoms with Crippen LogP contribution in [0.3, 0.4) is 0 Å². The number of hydrogen-bond donors (Lipinski definition) is 1. The second kappa shape index (κ2) is 3.00. The van der Waals surface area contributed by atoms with Gasteiger partial charge in [-0.2, -0.15) is 0 Å². The maximum absolute atomic E-state index is 4.77. The molecule has 1 fully saturated rings. The van der Waals surface area contributed by atoms with Gasteiger partial charge in [-0.15, -0.1) is 0 Å². The van der Waals surface area contributed by atoms with Crippen molar-refractivity contribution in [2.24, 2.45) is 0 Å². The molecule has 0 atom stereocenters. The molecule has 2 nitrogen and oxygen atoms in total. The highest BCUT2D eigenvalue weighted by atomic mass is 15.0. The Labute approximate surface area is 101 Å². The summed E-state index contributed by atoms with van der Waals surface area (Å²) >= 11 is 0. The first-order valence-electron chi connectivity index (χ1n) is 6.44. The number of nitrogens with one attached hydrogen (secondary N) is 1. The summed E-state index contributed by atoms with van der Waals surface area (Å²) in [6, 6.07) is 8.92. The summed E-state index contributed by atoms with van der Waals surface area (Å²) in [7, 11) is 0. The van der Waals surface area contributed by atoms with Crippen molar-refractivity contribution in [1.29, 1.82) is 0 Å². The third-order valence-electron chi connectivity index (χ3n) is 4.28. The number of aromatic nitrogens is 2. The van der Waals surface area contributed by atoms with Gasteiger partial charge < -0.3 is 4.98 Å². The molecule has 86 valence electrons. The first kappa shape index (κ1) is 9.46. The molecule has 1 spiro atoms. The Kier molecular flexibility index (Phi) is 1.67. The van der Waals surface area contributed by atoms with Crippen molar-refractivity contribution < 1.29 is 0 Å². The Morgan fingerprint density at radius 2 is 2.00 bits per heavy atom. The molecule has 1 aromatic heterocycles. The number of rotatable bonds is 0. The van der Waals surface area contributed by atoms with Crippen LogP contribution in [0.2, 0.25) is 0 Å². The number of nitrogens with zero attached hydrogens (tertiary/aromatic N) is 1. The average molecular weight is 224 g/mol. The van der Waals surface area contributed by atoms with Gasteiger partial charge in [0.05, 0.1) is 5.69 Å². The molecule has 17 heavy (non-hydrogen) atoms. The summed E-state index contributed by atoms with van der Waals surface area (Å²) in [6.07, 6.45) is 4.78. The minimum atomic E-state index is 0.257. The van der Waals surface area contributed by atoms with Gasteiger partial charge in [-0.1, -0.05) is 24.3 Å². The normalized spacial score (nSPS) is 19.6. The molecule has 4 rings (SSSR count). The van der Waals surface area contributed by atoms with E-state index in [-0.39, 0.29) is 5.41 Å². The molecule has 1 saturated carbocycles. The number of hydrogen-bond acceptors (Lipinski definition) is 1. The van der Waals surface area contributed by atoms with Gasteiger partial charge in [0.15, 0.2) is 0 Å². The molecule has 1 N–H and O–H groups in total. The van der Waals surface area contributed by atoms with E-state index in [4.69, 9.17) is 4.98 Å². The molecule has 0 amide bonds. The second-order valence-electron chi connectivity index (χ2n) is 5.39. The van der Waals surface area contributed by atoms with E-state index in [1.54, 1.807) is 0 Å². The highest BCUT2D eigenvalue weighted by Crippen LogP contribution is 2.55. The van der Waals surface area contributed by atoms with E-state index in [1.165, 1.54) is 35.4 Å². The molecular weight excluding hydrogens is 208 g/mol. The van der Waals surface area contributed by atoms with Crippen molar-refractivity contribution in [3.8, 4) is 0 Å². The Hall–Kier alpha value is -1.57. The van der Waals surface area contributed by atoms with Crippen molar-refractivity contribution in [2.75, 3.05) is 0 Å². The van der Waals surface area contributed by atoms with Crippen LogP contribution in [0.1, 0.15) is 41.2 Å². The topological polar surface area (TPSA) is 28.7 Å². The summed E-state index contributed by atoms with van der Waals surface area (Å²) in [5.74, 6) is 1.07. The molecule has 0 radical (unpaired) electrons. The number of fused-ring (bicyclic) bond motifs is 4.